The minimum atomic E-state index is -3.89. The predicted molar refractivity (Wildman–Crippen MR) is 91.9 cm³/mol. The van der Waals surface area contributed by atoms with Gasteiger partial charge in [-0.05, 0) is 31.2 Å². The molecule has 0 aromatic carbocycles. The molecule has 0 saturated heterocycles. The topological polar surface area (TPSA) is 87.3 Å². The third-order valence-electron chi connectivity index (χ3n) is 3.36. The fourth-order valence-electron chi connectivity index (χ4n) is 2.01. The Morgan fingerprint density at radius 2 is 2.26 bits per heavy atom. The molecular weight excluding hydrogens is 336 g/mol. The number of thiazole rings is 1. The Labute approximate surface area is 139 Å². The maximum atomic E-state index is 10.7. The Balaban J connectivity index is 1.91. The summed E-state index contributed by atoms with van der Waals surface area (Å²) in [5.74, 6) is -0.228. The van der Waals surface area contributed by atoms with Crippen LogP contribution in [0, 0.1) is 6.92 Å². The molecule has 0 aliphatic carbocycles. The number of aromatic nitrogens is 1. The van der Waals surface area contributed by atoms with Crippen LogP contribution in [-0.2, 0) is 17.2 Å². The molecule has 0 amide bonds. The second-order valence-electron chi connectivity index (χ2n) is 5.26. The fourth-order valence-corrected chi connectivity index (χ4v) is 3.33. The molecule has 0 saturated carbocycles. The Hall–Kier alpha value is -1.71. The van der Waals surface area contributed by atoms with E-state index in [2.05, 4.69) is 10.2 Å². The van der Waals surface area contributed by atoms with E-state index in [1.807, 2.05) is 47.2 Å². The van der Waals surface area contributed by atoms with E-state index in [1.165, 1.54) is 11.3 Å². The van der Waals surface area contributed by atoms with Crippen LogP contribution in [0.3, 0.4) is 0 Å². The van der Waals surface area contributed by atoms with Gasteiger partial charge < -0.3 is 9.47 Å². The van der Waals surface area contributed by atoms with E-state index in [1.54, 1.807) is 6.21 Å². The largest absolute Gasteiger partial charge is 0.373 e. The summed E-state index contributed by atoms with van der Waals surface area (Å²) in [5, 5.41) is 10.3. The van der Waals surface area contributed by atoms with E-state index < -0.39 is 10.1 Å². The van der Waals surface area contributed by atoms with Gasteiger partial charge in [-0.15, -0.1) is 16.4 Å². The normalized spacial score (nSPS) is 16.4. The average molecular weight is 356 g/mol. The van der Waals surface area contributed by atoms with Gasteiger partial charge in [0.1, 0.15) is 0 Å². The second kappa shape index (κ2) is 7.71. The number of allylic oxidation sites excluding steroid dienone is 2. The molecule has 1 aromatic rings. The third kappa shape index (κ3) is 5.77. The molecule has 1 aliphatic rings. The van der Waals surface area contributed by atoms with Crippen LogP contribution >= 0.6 is 11.3 Å². The van der Waals surface area contributed by atoms with Crippen LogP contribution < -0.4 is 4.80 Å². The number of rotatable bonds is 6. The highest BCUT2D eigenvalue weighted by molar-refractivity contribution is 7.85. The van der Waals surface area contributed by atoms with Crippen LogP contribution in [0.25, 0.3) is 0 Å². The van der Waals surface area contributed by atoms with Gasteiger partial charge in [0, 0.05) is 31.2 Å². The molecule has 23 heavy (non-hydrogen) atoms. The molecule has 0 unspecified atom stereocenters. The van der Waals surface area contributed by atoms with E-state index in [-0.39, 0.29) is 5.75 Å². The first kappa shape index (κ1) is 17.6. The minimum Gasteiger partial charge on any atom is -0.373 e. The Morgan fingerprint density at radius 1 is 1.48 bits per heavy atom. The lowest BCUT2D eigenvalue weighted by Crippen LogP contribution is -2.25. The van der Waals surface area contributed by atoms with Crippen molar-refractivity contribution in [2.24, 2.45) is 17.3 Å². The van der Waals surface area contributed by atoms with Gasteiger partial charge in [0.15, 0.2) is 0 Å². The molecule has 0 fully saturated rings. The van der Waals surface area contributed by atoms with Gasteiger partial charge in [-0.25, -0.2) is 0 Å². The van der Waals surface area contributed by atoms with E-state index in [0.717, 1.165) is 16.1 Å². The summed E-state index contributed by atoms with van der Waals surface area (Å²) in [6.45, 7) is 3.20. The van der Waals surface area contributed by atoms with Crippen LogP contribution in [-0.4, -0.2) is 47.5 Å². The van der Waals surface area contributed by atoms with Crippen LogP contribution in [0.15, 0.2) is 39.5 Å². The summed E-state index contributed by atoms with van der Waals surface area (Å²) in [6, 6.07) is 0. The number of nitrogens with zero attached hydrogens (tertiary/aromatic N) is 4. The van der Waals surface area contributed by atoms with Gasteiger partial charge in [-0.2, -0.15) is 13.5 Å². The molecule has 9 heteroatoms. The molecule has 0 spiro atoms. The molecule has 126 valence electrons. The summed E-state index contributed by atoms with van der Waals surface area (Å²) in [5.41, 5.74) is 2.12. The summed E-state index contributed by atoms with van der Waals surface area (Å²) >= 11 is 1.53. The maximum absolute atomic E-state index is 10.7. The van der Waals surface area contributed by atoms with Crippen molar-refractivity contribution in [3.8, 4) is 0 Å². The van der Waals surface area contributed by atoms with Crippen molar-refractivity contribution < 1.29 is 13.0 Å². The molecule has 7 nitrogen and oxygen atoms in total. The monoisotopic (exact) mass is 356 g/mol. The Kier molecular flexibility index (Phi) is 5.91. The highest BCUT2D eigenvalue weighted by Crippen LogP contribution is 2.07. The van der Waals surface area contributed by atoms with Crippen LogP contribution in [0.5, 0.6) is 0 Å². The smallest absolute Gasteiger partial charge is 0.264 e. The van der Waals surface area contributed by atoms with Crippen LogP contribution in [0.1, 0.15) is 12.1 Å². The Morgan fingerprint density at radius 3 is 2.91 bits per heavy atom. The van der Waals surface area contributed by atoms with Crippen molar-refractivity contribution in [3.63, 3.8) is 0 Å². The molecule has 2 heterocycles. The lowest BCUT2D eigenvalue weighted by molar-refractivity contribution is 0.402. The predicted octanol–water partition coefficient (Wildman–Crippen LogP) is 1.32. The molecule has 0 radical (unpaired) electrons. The summed E-state index contributed by atoms with van der Waals surface area (Å²) < 4.78 is 32.1. The molecule has 1 aromatic heterocycles. The van der Waals surface area contributed by atoms with Crippen LogP contribution in [0.4, 0.5) is 0 Å². The first-order valence-electron chi connectivity index (χ1n) is 7.10. The van der Waals surface area contributed by atoms with Crippen molar-refractivity contribution >= 4 is 27.7 Å². The second-order valence-corrected chi connectivity index (χ2v) is 7.67. The van der Waals surface area contributed by atoms with Crippen molar-refractivity contribution in [1.82, 2.24) is 9.47 Å². The van der Waals surface area contributed by atoms with E-state index in [0.29, 0.717) is 19.5 Å². The Bertz CT molecular complexity index is 800. The fraction of sp³-hybridized carbons (Fsp3) is 0.429. The van der Waals surface area contributed by atoms with Gasteiger partial charge in [0.25, 0.3) is 10.1 Å². The molecule has 2 rings (SSSR count). The number of hydrogen-bond donors (Lipinski definition) is 1. The third-order valence-corrected chi connectivity index (χ3v) is 5.19. The van der Waals surface area contributed by atoms with Crippen molar-refractivity contribution in [1.29, 1.82) is 0 Å². The summed E-state index contributed by atoms with van der Waals surface area (Å²) in [4.78, 5) is 2.80. The van der Waals surface area contributed by atoms with Crippen molar-refractivity contribution in [3.05, 3.63) is 39.8 Å². The maximum Gasteiger partial charge on any atom is 0.264 e. The van der Waals surface area contributed by atoms with Gasteiger partial charge in [0.2, 0.25) is 4.80 Å². The van der Waals surface area contributed by atoms with Crippen molar-refractivity contribution in [2.45, 2.75) is 13.3 Å². The standard InChI is InChI=1S/C14H20N4O3S2/c1-12-11-22-14(17(12)2)16-15-9-13-5-3-6-18(10-13)7-4-8-23(19,20)21/h3,5-6,9,11H,4,7-8,10H2,1-2H3,(H,19,20,21). The molecule has 0 bridgehead atoms. The van der Waals surface area contributed by atoms with Crippen LogP contribution in [0.2, 0.25) is 0 Å². The van der Waals surface area contributed by atoms with Crippen molar-refractivity contribution in [2.75, 3.05) is 18.8 Å². The highest BCUT2D eigenvalue weighted by Gasteiger charge is 2.09. The quantitative estimate of drug-likeness (QED) is 0.473. The molecular formula is C14H20N4O3S2. The van der Waals surface area contributed by atoms with E-state index >= 15 is 0 Å². The average Bonchev–Trinajstić information content (AvgIpc) is 2.78. The van der Waals surface area contributed by atoms with Gasteiger partial charge in [-0.3, -0.25) is 4.55 Å². The first-order valence-corrected chi connectivity index (χ1v) is 9.59. The van der Waals surface area contributed by atoms with Gasteiger partial charge >= 0.3 is 0 Å². The lowest BCUT2D eigenvalue weighted by Gasteiger charge is -2.22. The zero-order valence-electron chi connectivity index (χ0n) is 13.1. The summed E-state index contributed by atoms with van der Waals surface area (Å²) in [7, 11) is -1.95. The lowest BCUT2D eigenvalue weighted by atomic mass is 10.2. The minimum absolute atomic E-state index is 0.228. The first-order chi connectivity index (χ1) is 10.8. The van der Waals surface area contributed by atoms with E-state index in [9.17, 15) is 8.42 Å². The zero-order chi connectivity index (χ0) is 16.9. The SMILES string of the molecule is Cc1csc(=NN=CC2=CC=CN(CCCS(=O)(=O)O)C2)n1C. The van der Waals surface area contributed by atoms with Gasteiger partial charge in [0.05, 0.1) is 12.0 Å². The molecule has 1 N–H and O–H groups in total. The summed E-state index contributed by atoms with van der Waals surface area (Å²) in [6.07, 6.45) is 7.79. The molecule has 1 aliphatic heterocycles. The van der Waals surface area contributed by atoms with Gasteiger partial charge in [-0.1, -0.05) is 6.08 Å². The molecule has 0 atom stereocenters. The zero-order valence-corrected chi connectivity index (χ0v) is 14.7. The van der Waals surface area contributed by atoms with E-state index in [4.69, 9.17) is 4.55 Å². The highest BCUT2D eigenvalue weighted by atomic mass is 32.2. The number of hydrogen-bond acceptors (Lipinski definition) is 6. The number of aryl methyl sites for hydroxylation is 1.